The second kappa shape index (κ2) is 11.7. The molecule has 0 amide bonds. The van der Waals surface area contributed by atoms with Crippen molar-refractivity contribution in [3.63, 3.8) is 0 Å². The van der Waals surface area contributed by atoms with Gasteiger partial charge in [0.25, 0.3) is 0 Å². The standard InChI is InChI=1S/C44H44N2O/c1-30-17-11-12-23-36(30)43(3,4)38-25-15-20-33(46(38)7)29-44(5,39-24-13-14-28-45(39)6)41-31(2)26-27-37-40(41)35-22-16-21-34(42(35)47-37)32-18-9-8-10-19-32/h8-28H,29H2,1-7H3/q+2. The Hall–Kier alpha value is -5.02. The van der Waals surface area contributed by atoms with E-state index in [1.807, 2.05) is 0 Å². The first-order valence-electron chi connectivity index (χ1n) is 16.6. The second-order valence-electron chi connectivity index (χ2n) is 13.9. The van der Waals surface area contributed by atoms with Gasteiger partial charge in [0.05, 0.1) is 17.3 Å². The molecule has 3 nitrogen and oxygen atoms in total. The predicted molar refractivity (Wildman–Crippen MR) is 193 cm³/mol. The van der Waals surface area contributed by atoms with E-state index in [2.05, 4.69) is 185 Å². The Bertz CT molecular complexity index is 2260. The zero-order chi connectivity index (χ0) is 32.9. The minimum atomic E-state index is -0.387. The normalized spacial score (nSPS) is 13.3. The topological polar surface area (TPSA) is 20.9 Å². The molecule has 1 unspecified atom stereocenters. The minimum absolute atomic E-state index is 0.172. The van der Waals surface area contributed by atoms with E-state index in [4.69, 9.17) is 4.42 Å². The maximum atomic E-state index is 6.78. The van der Waals surface area contributed by atoms with Crippen LogP contribution in [0, 0.1) is 13.8 Å². The molecule has 0 spiro atoms. The summed E-state index contributed by atoms with van der Waals surface area (Å²) in [7, 11) is 4.41. The Balaban J connectivity index is 1.48. The van der Waals surface area contributed by atoms with Crippen LogP contribution < -0.4 is 9.13 Å². The molecule has 7 rings (SSSR count). The average molecular weight is 617 g/mol. The van der Waals surface area contributed by atoms with Crippen LogP contribution in [0.15, 0.2) is 132 Å². The molecule has 1 atom stereocenters. The van der Waals surface area contributed by atoms with E-state index in [-0.39, 0.29) is 10.8 Å². The number of para-hydroxylation sites is 1. The van der Waals surface area contributed by atoms with E-state index >= 15 is 0 Å². The van der Waals surface area contributed by atoms with Crippen LogP contribution in [-0.4, -0.2) is 0 Å². The van der Waals surface area contributed by atoms with Crippen LogP contribution >= 0.6 is 0 Å². The van der Waals surface area contributed by atoms with Crippen molar-refractivity contribution in [1.82, 2.24) is 0 Å². The number of aromatic nitrogens is 2. The van der Waals surface area contributed by atoms with Crippen LogP contribution in [0.5, 0.6) is 0 Å². The van der Waals surface area contributed by atoms with Gasteiger partial charge in [-0.15, -0.1) is 0 Å². The lowest BCUT2D eigenvalue weighted by atomic mass is 9.71. The fourth-order valence-corrected chi connectivity index (χ4v) is 8.16. The van der Waals surface area contributed by atoms with E-state index in [0.717, 1.165) is 34.1 Å². The fourth-order valence-electron chi connectivity index (χ4n) is 8.16. The zero-order valence-corrected chi connectivity index (χ0v) is 28.6. The highest BCUT2D eigenvalue weighted by atomic mass is 16.3. The summed E-state index contributed by atoms with van der Waals surface area (Å²) >= 11 is 0. The Morgan fingerprint density at radius 1 is 0.638 bits per heavy atom. The number of furan rings is 1. The molecule has 0 aliphatic rings. The number of rotatable bonds is 7. The lowest BCUT2D eigenvalue weighted by Crippen LogP contribution is -2.49. The first-order chi connectivity index (χ1) is 22.6. The van der Waals surface area contributed by atoms with Gasteiger partial charge in [-0.3, -0.25) is 0 Å². The molecular formula is C44H44N2O+2. The Labute approximate surface area is 278 Å². The van der Waals surface area contributed by atoms with Gasteiger partial charge in [0.1, 0.15) is 25.3 Å². The van der Waals surface area contributed by atoms with Crippen LogP contribution in [-0.2, 0) is 31.3 Å². The summed E-state index contributed by atoms with van der Waals surface area (Å²) in [5, 5.41) is 2.35. The van der Waals surface area contributed by atoms with Gasteiger partial charge in [-0.05, 0) is 74.6 Å². The zero-order valence-electron chi connectivity index (χ0n) is 28.6. The molecule has 0 aliphatic carbocycles. The number of hydrogen-bond acceptors (Lipinski definition) is 1. The molecule has 47 heavy (non-hydrogen) atoms. The first-order valence-corrected chi connectivity index (χ1v) is 16.6. The van der Waals surface area contributed by atoms with Crippen LogP contribution in [0.4, 0.5) is 0 Å². The van der Waals surface area contributed by atoms with Gasteiger partial charge in [-0.2, -0.15) is 0 Å². The monoisotopic (exact) mass is 616 g/mol. The van der Waals surface area contributed by atoms with Gasteiger partial charge in [0.15, 0.2) is 23.3 Å². The molecule has 0 saturated heterocycles. The van der Waals surface area contributed by atoms with Gasteiger partial charge < -0.3 is 4.42 Å². The smallest absolute Gasteiger partial charge is 0.192 e. The number of hydrogen-bond donors (Lipinski definition) is 0. The van der Waals surface area contributed by atoms with Gasteiger partial charge in [0.2, 0.25) is 0 Å². The van der Waals surface area contributed by atoms with Crippen molar-refractivity contribution in [2.45, 2.75) is 51.9 Å². The Morgan fingerprint density at radius 3 is 2.11 bits per heavy atom. The van der Waals surface area contributed by atoms with E-state index in [1.54, 1.807) is 0 Å². The summed E-state index contributed by atoms with van der Waals surface area (Å²) in [6, 6.07) is 43.7. The van der Waals surface area contributed by atoms with Crippen molar-refractivity contribution in [3.8, 4) is 11.1 Å². The maximum absolute atomic E-state index is 6.78. The first kappa shape index (κ1) is 30.6. The van der Waals surface area contributed by atoms with Crippen molar-refractivity contribution in [1.29, 1.82) is 0 Å². The third kappa shape index (κ3) is 5.06. The fraction of sp³-hybridized carbons (Fsp3) is 0.227. The molecule has 0 N–H and O–H groups in total. The number of benzene rings is 4. The third-order valence-corrected chi connectivity index (χ3v) is 10.5. The molecule has 0 saturated carbocycles. The Kier molecular flexibility index (Phi) is 7.59. The van der Waals surface area contributed by atoms with Crippen molar-refractivity contribution < 1.29 is 13.6 Å². The second-order valence-corrected chi connectivity index (χ2v) is 13.9. The summed E-state index contributed by atoms with van der Waals surface area (Å²) in [5.41, 5.74) is 12.6. The number of fused-ring (bicyclic) bond motifs is 3. The van der Waals surface area contributed by atoms with Gasteiger partial charge in [-0.25, -0.2) is 9.13 Å². The maximum Gasteiger partial charge on any atom is 0.192 e. The molecule has 0 fully saturated rings. The van der Waals surface area contributed by atoms with Crippen molar-refractivity contribution in [2.24, 2.45) is 14.1 Å². The van der Waals surface area contributed by atoms with Gasteiger partial charge in [-0.1, -0.05) is 84.9 Å². The van der Waals surface area contributed by atoms with Crippen molar-refractivity contribution in [3.05, 3.63) is 167 Å². The summed E-state index contributed by atoms with van der Waals surface area (Å²) in [5.74, 6) is 0. The number of pyridine rings is 2. The van der Waals surface area contributed by atoms with E-state index in [9.17, 15) is 0 Å². The van der Waals surface area contributed by atoms with Crippen molar-refractivity contribution >= 4 is 21.9 Å². The molecule has 7 aromatic rings. The molecule has 3 heteroatoms. The summed E-state index contributed by atoms with van der Waals surface area (Å²) in [4.78, 5) is 0. The number of nitrogens with zero attached hydrogens (tertiary/aromatic N) is 2. The van der Waals surface area contributed by atoms with Gasteiger partial charge >= 0.3 is 0 Å². The molecule has 3 aromatic heterocycles. The van der Waals surface area contributed by atoms with Crippen LogP contribution in [0.25, 0.3) is 33.1 Å². The average Bonchev–Trinajstić information content (AvgIpc) is 3.45. The van der Waals surface area contributed by atoms with Crippen LogP contribution in [0.3, 0.4) is 0 Å². The molecule has 0 bridgehead atoms. The minimum Gasteiger partial charge on any atom is -0.455 e. The lowest BCUT2D eigenvalue weighted by Gasteiger charge is -2.30. The van der Waals surface area contributed by atoms with Crippen LogP contribution in [0.1, 0.15) is 60.1 Å². The van der Waals surface area contributed by atoms with Gasteiger partial charge in [0, 0.05) is 40.6 Å². The van der Waals surface area contributed by atoms with E-state index in [0.29, 0.717) is 0 Å². The molecule has 234 valence electrons. The largest absolute Gasteiger partial charge is 0.455 e. The molecular weight excluding hydrogens is 572 g/mol. The van der Waals surface area contributed by atoms with E-state index < -0.39 is 0 Å². The predicted octanol–water partition coefficient (Wildman–Crippen LogP) is 9.39. The van der Waals surface area contributed by atoms with Crippen LogP contribution in [0.2, 0.25) is 0 Å². The SMILES string of the molecule is Cc1ccccc1C(C)(C)c1cccc(CC(C)(c2c(C)ccc3oc4c(-c5ccccc5)cccc4c23)c2cccc[n+]2C)[n+]1C. The Morgan fingerprint density at radius 2 is 1.34 bits per heavy atom. The lowest BCUT2D eigenvalue weighted by molar-refractivity contribution is -0.692. The van der Waals surface area contributed by atoms with E-state index in [1.165, 1.54) is 44.7 Å². The summed E-state index contributed by atoms with van der Waals surface area (Å²) in [6.45, 7) is 11.6. The number of aryl methyl sites for hydroxylation is 3. The summed E-state index contributed by atoms with van der Waals surface area (Å²) in [6.07, 6.45) is 2.98. The molecule has 4 aromatic carbocycles. The molecule has 0 aliphatic heterocycles. The molecule has 3 heterocycles. The summed E-state index contributed by atoms with van der Waals surface area (Å²) < 4.78 is 11.5. The quantitative estimate of drug-likeness (QED) is 0.164. The third-order valence-electron chi connectivity index (χ3n) is 10.5. The highest BCUT2D eigenvalue weighted by Gasteiger charge is 2.43. The highest BCUT2D eigenvalue weighted by Crippen LogP contribution is 2.45. The molecule has 0 radical (unpaired) electrons. The van der Waals surface area contributed by atoms with Crippen molar-refractivity contribution in [2.75, 3.05) is 0 Å². The highest BCUT2D eigenvalue weighted by molar-refractivity contribution is 6.11.